The number of aryl methyl sites for hydroxylation is 1. The first kappa shape index (κ1) is 15.5. The van der Waals surface area contributed by atoms with Gasteiger partial charge in [-0.05, 0) is 30.9 Å². The number of nitrogens with zero attached hydrogens (tertiary/aromatic N) is 3. The molecule has 2 aromatic rings. The summed E-state index contributed by atoms with van der Waals surface area (Å²) in [5.74, 6) is -0.495. The minimum absolute atomic E-state index is 0.130. The van der Waals surface area contributed by atoms with E-state index in [0.717, 1.165) is 35.8 Å². The van der Waals surface area contributed by atoms with Gasteiger partial charge in [-0.1, -0.05) is 11.6 Å². The third kappa shape index (κ3) is 2.79. The number of aliphatic imine (C=N–C) groups is 1. The fraction of sp³-hybridized carbons (Fsp3) is 0.200. The highest BCUT2D eigenvalue weighted by atomic mass is 35.5. The van der Waals surface area contributed by atoms with E-state index >= 15 is 0 Å². The van der Waals surface area contributed by atoms with Crippen molar-refractivity contribution in [3.8, 4) is 11.8 Å². The van der Waals surface area contributed by atoms with Gasteiger partial charge in [0.2, 0.25) is 5.75 Å². The van der Waals surface area contributed by atoms with Gasteiger partial charge in [0, 0.05) is 27.7 Å². The van der Waals surface area contributed by atoms with Crippen LogP contribution < -0.4 is 0 Å². The lowest BCUT2D eigenvalue weighted by Crippen LogP contribution is -1.92. The number of benzene rings is 1. The van der Waals surface area contributed by atoms with E-state index in [2.05, 4.69) is 11.1 Å². The highest BCUT2D eigenvalue weighted by Crippen LogP contribution is 2.40. The second-order valence-corrected chi connectivity index (χ2v) is 6.55. The number of fused-ring (bicyclic) bond motifs is 1. The zero-order valence-corrected chi connectivity index (χ0v) is 13.3. The van der Waals surface area contributed by atoms with Crippen LogP contribution in [0.25, 0.3) is 0 Å². The average molecular weight is 348 g/mol. The number of thiophene rings is 1. The molecule has 116 valence electrons. The third-order valence-electron chi connectivity index (χ3n) is 3.62. The van der Waals surface area contributed by atoms with Crippen molar-refractivity contribution in [2.45, 2.75) is 19.3 Å². The van der Waals surface area contributed by atoms with Crippen LogP contribution in [0.5, 0.6) is 5.75 Å². The summed E-state index contributed by atoms with van der Waals surface area (Å²) >= 11 is 7.28. The SMILES string of the molecule is N#Cc1c(N=Cc2cc(Cl)cc([N+](=O)[O-])c2O)sc2c1CCC2. The number of nitro groups is 1. The molecule has 0 saturated heterocycles. The van der Waals surface area contributed by atoms with Gasteiger partial charge in [0.1, 0.15) is 11.1 Å². The first-order valence-corrected chi connectivity index (χ1v) is 7.96. The molecule has 0 atom stereocenters. The van der Waals surface area contributed by atoms with Crippen molar-refractivity contribution in [1.29, 1.82) is 5.26 Å². The van der Waals surface area contributed by atoms with Gasteiger partial charge in [-0.3, -0.25) is 10.1 Å². The highest BCUT2D eigenvalue weighted by Gasteiger charge is 2.22. The van der Waals surface area contributed by atoms with Crippen LogP contribution in [0, 0.1) is 21.4 Å². The molecule has 8 heteroatoms. The topological polar surface area (TPSA) is 99.5 Å². The fourth-order valence-electron chi connectivity index (χ4n) is 2.57. The number of nitro benzene ring substituents is 1. The lowest BCUT2D eigenvalue weighted by atomic mass is 10.1. The van der Waals surface area contributed by atoms with E-state index in [-0.39, 0.29) is 10.6 Å². The summed E-state index contributed by atoms with van der Waals surface area (Å²) in [6.45, 7) is 0. The van der Waals surface area contributed by atoms with Crippen LogP contribution in [-0.4, -0.2) is 16.2 Å². The molecule has 1 aromatic heterocycles. The molecule has 3 rings (SSSR count). The van der Waals surface area contributed by atoms with Gasteiger partial charge in [-0.2, -0.15) is 5.26 Å². The molecule has 0 spiro atoms. The van der Waals surface area contributed by atoms with Crippen molar-refractivity contribution in [3.63, 3.8) is 0 Å². The molecule has 1 aliphatic carbocycles. The normalized spacial score (nSPS) is 13.2. The van der Waals surface area contributed by atoms with Crippen LogP contribution in [-0.2, 0) is 12.8 Å². The molecule has 23 heavy (non-hydrogen) atoms. The van der Waals surface area contributed by atoms with E-state index in [1.807, 2.05) is 0 Å². The Labute approximate surface area is 140 Å². The smallest absolute Gasteiger partial charge is 0.312 e. The maximum Gasteiger partial charge on any atom is 0.312 e. The Balaban J connectivity index is 2.02. The van der Waals surface area contributed by atoms with Gasteiger partial charge in [0.15, 0.2) is 0 Å². The molecule has 1 heterocycles. The lowest BCUT2D eigenvalue weighted by molar-refractivity contribution is -0.385. The summed E-state index contributed by atoms with van der Waals surface area (Å²) in [6.07, 6.45) is 4.16. The number of hydrogen-bond donors (Lipinski definition) is 1. The summed E-state index contributed by atoms with van der Waals surface area (Å²) in [5, 5.41) is 30.8. The van der Waals surface area contributed by atoms with Crippen LogP contribution in [0.2, 0.25) is 5.02 Å². The molecule has 0 saturated carbocycles. The number of aromatic hydroxyl groups is 1. The van der Waals surface area contributed by atoms with E-state index in [1.165, 1.54) is 23.6 Å². The molecule has 1 aliphatic rings. The molecule has 1 N–H and O–H groups in total. The lowest BCUT2D eigenvalue weighted by Gasteiger charge is -2.01. The standard InChI is InChI=1S/C15H10ClN3O3S/c16-9-4-8(14(20)12(5-9)19(21)22)7-18-15-11(6-17)10-2-1-3-13(10)23-15/h4-5,7,20H,1-3H2. The van der Waals surface area contributed by atoms with E-state index in [0.29, 0.717) is 10.6 Å². The van der Waals surface area contributed by atoms with Crippen LogP contribution >= 0.6 is 22.9 Å². The average Bonchev–Trinajstić information content (AvgIpc) is 3.07. The number of nitriles is 1. The number of hydrogen-bond acceptors (Lipinski definition) is 6. The second-order valence-electron chi connectivity index (χ2n) is 5.03. The number of rotatable bonds is 3. The van der Waals surface area contributed by atoms with Crippen molar-refractivity contribution in [1.82, 2.24) is 0 Å². The number of phenols is 1. The van der Waals surface area contributed by atoms with Gasteiger partial charge in [-0.15, -0.1) is 11.3 Å². The summed E-state index contributed by atoms with van der Waals surface area (Å²) in [7, 11) is 0. The quantitative estimate of drug-likeness (QED) is 0.512. The fourth-order valence-corrected chi connectivity index (χ4v) is 3.97. The van der Waals surface area contributed by atoms with Crippen molar-refractivity contribution in [2.75, 3.05) is 0 Å². The molecule has 0 radical (unpaired) electrons. The summed E-state index contributed by atoms with van der Waals surface area (Å²) in [6, 6.07) is 4.64. The van der Waals surface area contributed by atoms with Gasteiger partial charge in [0.05, 0.1) is 10.5 Å². The largest absolute Gasteiger partial charge is 0.502 e. The van der Waals surface area contributed by atoms with Crippen LogP contribution in [0.1, 0.15) is 28.0 Å². The van der Waals surface area contributed by atoms with Gasteiger partial charge < -0.3 is 5.11 Å². The minimum atomic E-state index is -0.709. The second kappa shape index (κ2) is 5.99. The first-order chi connectivity index (χ1) is 11.0. The van der Waals surface area contributed by atoms with E-state index < -0.39 is 16.4 Å². The molecule has 0 aliphatic heterocycles. The van der Waals surface area contributed by atoms with Gasteiger partial charge in [-0.25, -0.2) is 4.99 Å². The molecule has 0 fully saturated rings. The third-order valence-corrected chi connectivity index (χ3v) is 5.03. The Morgan fingerprint density at radius 2 is 2.26 bits per heavy atom. The highest BCUT2D eigenvalue weighted by molar-refractivity contribution is 7.16. The molecular formula is C15H10ClN3O3S. The predicted octanol–water partition coefficient (Wildman–Crippen LogP) is 4.13. The Kier molecular flexibility index (Phi) is 4.03. The molecule has 1 aromatic carbocycles. The minimum Gasteiger partial charge on any atom is -0.502 e. The molecule has 0 amide bonds. The summed E-state index contributed by atoms with van der Waals surface area (Å²) in [5.41, 5.74) is 1.26. The Bertz CT molecular complexity index is 883. The maximum absolute atomic E-state index is 10.9. The van der Waals surface area contributed by atoms with Crippen LogP contribution in [0.3, 0.4) is 0 Å². The predicted molar refractivity (Wildman–Crippen MR) is 88.1 cm³/mol. The van der Waals surface area contributed by atoms with Crippen molar-refractivity contribution in [2.24, 2.45) is 4.99 Å². The van der Waals surface area contributed by atoms with Gasteiger partial charge in [0.25, 0.3) is 0 Å². The molecule has 6 nitrogen and oxygen atoms in total. The van der Waals surface area contributed by atoms with Gasteiger partial charge >= 0.3 is 5.69 Å². The first-order valence-electron chi connectivity index (χ1n) is 6.77. The number of phenolic OH excluding ortho intramolecular Hbond substituents is 1. The zero-order chi connectivity index (χ0) is 16.6. The van der Waals surface area contributed by atoms with Crippen molar-refractivity contribution in [3.05, 3.63) is 48.8 Å². The summed E-state index contributed by atoms with van der Waals surface area (Å²) in [4.78, 5) is 15.6. The molecular weight excluding hydrogens is 338 g/mol. The van der Waals surface area contributed by atoms with Crippen LogP contribution in [0.15, 0.2) is 17.1 Å². The zero-order valence-electron chi connectivity index (χ0n) is 11.7. The number of halogens is 1. The molecule has 0 unspecified atom stereocenters. The maximum atomic E-state index is 10.9. The monoisotopic (exact) mass is 347 g/mol. The van der Waals surface area contributed by atoms with Crippen LogP contribution in [0.4, 0.5) is 10.7 Å². The van der Waals surface area contributed by atoms with E-state index in [9.17, 15) is 20.5 Å². The molecule has 0 bridgehead atoms. The Morgan fingerprint density at radius 1 is 1.48 bits per heavy atom. The van der Waals surface area contributed by atoms with E-state index in [4.69, 9.17) is 11.6 Å². The Hall–Kier alpha value is -2.43. The van der Waals surface area contributed by atoms with E-state index in [1.54, 1.807) is 0 Å². The Morgan fingerprint density at radius 3 is 2.96 bits per heavy atom. The summed E-state index contributed by atoms with van der Waals surface area (Å²) < 4.78 is 0. The van der Waals surface area contributed by atoms with Crippen molar-refractivity contribution >= 4 is 39.8 Å². The van der Waals surface area contributed by atoms with Crippen molar-refractivity contribution < 1.29 is 10.0 Å².